The number of hydrogen-bond donors (Lipinski definition) is 0. The van der Waals surface area contributed by atoms with Crippen molar-refractivity contribution in [1.82, 2.24) is 9.21 Å². The van der Waals surface area contributed by atoms with Gasteiger partial charge in [0.1, 0.15) is 24.7 Å². The van der Waals surface area contributed by atoms with Crippen molar-refractivity contribution in [2.24, 2.45) is 0 Å². The first kappa shape index (κ1) is 22.9. The summed E-state index contributed by atoms with van der Waals surface area (Å²) in [6, 6.07) is 9.94. The van der Waals surface area contributed by atoms with Gasteiger partial charge in [-0.15, -0.1) is 0 Å². The van der Waals surface area contributed by atoms with Gasteiger partial charge in [0.2, 0.25) is 15.9 Å². The number of ether oxygens (including phenoxy) is 4. The maximum atomic E-state index is 13.1. The molecule has 0 unspecified atom stereocenters. The largest absolute Gasteiger partial charge is 0.497 e. The van der Waals surface area contributed by atoms with Gasteiger partial charge in [0.15, 0.2) is 11.5 Å². The number of carbonyl (C=O) groups excluding carboxylic acids is 1. The maximum Gasteiger partial charge on any atom is 0.246 e. The molecule has 4 rings (SSSR count). The predicted molar refractivity (Wildman–Crippen MR) is 121 cm³/mol. The molecule has 9 nitrogen and oxygen atoms in total. The van der Waals surface area contributed by atoms with Crippen LogP contribution in [0.5, 0.6) is 23.0 Å². The van der Waals surface area contributed by atoms with Crippen molar-refractivity contribution < 1.29 is 32.2 Å². The van der Waals surface area contributed by atoms with Crippen molar-refractivity contribution in [3.8, 4) is 23.0 Å². The van der Waals surface area contributed by atoms with Crippen LogP contribution in [0.25, 0.3) is 6.08 Å². The molecule has 2 aromatic rings. The van der Waals surface area contributed by atoms with Crippen LogP contribution in [0.15, 0.2) is 47.4 Å². The Morgan fingerprint density at radius 3 is 2.36 bits per heavy atom. The Bertz CT molecular complexity index is 1160. The highest BCUT2D eigenvalue weighted by Gasteiger charge is 2.30. The summed E-state index contributed by atoms with van der Waals surface area (Å²) in [5.41, 5.74) is 0.713. The minimum Gasteiger partial charge on any atom is -0.497 e. The Balaban J connectivity index is 1.40. The summed E-state index contributed by atoms with van der Waals surface area (Å²) in [6.45, 7) is 1.82. The average molecular weight is 475 g/mol. The SMILES string of the molecule is COc1ccc(OC)c(C=CC(=O)N2CCN(S(=O)(=O)c3ccc4c(c3)OCCO4)CC2)c1. The highest BCUT2D eigenvalue weighted by molar-refractivity contribution is 7.89. The molecule has 1 fully saturated rings. The first-order valence-corrected chi connectivity index (χ1v) is 11.9. The van der Waals surface area contributed by atoms with Crippen molar-refractivity contribution in [2.45, 2.75) is 4.90 Å². The van der Waals surface area contributed by atoms with E-state index in [2.05, 4.69) is 0 Å². The second kappa shape index (κ2) is 9.72. The van der Waals surface area contributed by atoms with Gasteiger partial charge in [-0.05, 0) is 36.4 Å². The van der Waals surface area contributed by atoms with Gasteiger partial charge in [0.05, 0.1) is 19.1 Å². The Morgan fingerprint density at radius 2 is 1.67 bits per heavy atom. The third-order valence-corrected chi connectivity index (χ3v) is 7.44. The van der Waals surface area contributed by atoms with E-state index in [0.29, 0.717) is 54.9 Å². The molecule has 0 saturated carbocycles. The molecular weight excluding hydrogens is 448 g/mol. The monoisotopic (exact) mass is 474 g/mol. The Labute approximate surface area is 193 Å². The van der Waals surface area contributed by atoms with Crippen molar-refractivity contribution in [2.75, 3.05) is 53.6 Å². The van der Waals surface area contributed by atoms with E-state index in [9.17, 15) is 13.2 Å². The third kappa shape index (κ3) is 4.91. The quantitative estimate of drug-likeness (QED) is 0.591. The van der Waals surface area contributed by atoms with Gasteiger partial charge in [-0.1, -0.05) is 0 Å². The molecule has 2 aromatic carbocycles. The fourth-order valence-electron chi connectivity index (χ4n) is 3.72. The fraction of sp³-hybridized carbons (Fsp3) is 0.348. The van der Waals surface area contributed by atoms with E-state index < -0.39 is 10.0 Å². The number of fused-ring (bicyclic) bond motifs is 1. The second-order valence-electron chi connectivity index (χ2n) is 7.48. The highest BCUT2D eigenvalue weighted by Crippen LogP contribution is 2.33. The fourth-order valence-corrected chi connectivity index (χ4v) is 5.16. The maximum absolute atomic E-state index is 13.1. The van der Waals surface area contributed by atoms with Crippen LogP contribution in [0.4, 0.5) is 0 Å². The van der Waals surface area contributed by atoms with Crippen LogP contribution in [-0.4, -0.2) is 77.1 Å². The highest BCUT2D eigenvalue weighted by atomic mass is 32.2. The van der Waals surface area contributed by atoms with Crippen molar-refractivity contribution >= 4 is 22.0 Å². The molecule has 2 aliphatic rings. The molecule has 176 valence electrons. The summed E-state index contributed by atoms with van der Waals surface area (Å²) in [7, 11) is -0.579. The van der Waals surface area contributed by atoms with E-state index in [1.54, 1.807) is 49.5 Å². The molecule has 1 amide bonds. The van der Waals surface area contributed by atoms with E-state index in [4.69, 9.17) is 18.9 Å². The van der Waals surface area contributed by atoms with Crippen LogP contribution in [0.3, 0.4) is 0 Å². The number of methoxy groups -OCH3 is 2. The van der Waals surface area contributed by atoms with Gasteiger partial charge in [-0.2, -0.15) is 4.31 Å². The molecule has 1 saturated heterocycles. The standard InChI is InChI=1S/C23H26N2O7S/c1-29-18-4-6-20(30-2)17(15-18)3-8-23(26)24-9-11-25(12-10-24)33(27,28)19-5-7-21-22(16-19)32-14-13-31-21/h3-8,15-16H,9-14H2,1-2H3. The molecule has 2 heterocycles. The summed E-state index contributed by atoms with van der Waals surface area (Å²) in [6.07, 6.45) is 3.13. The normalized spacial score (nSPS) is 16.6. The molecule has 10 heteroatoms. The van der Waals surface area contributed by atoms with Gasteiger partial charge in [0, 0.05) is 43.9 Å². The number of piperazine rings is 1. The van der Waals surface area contributed by atoms with Crippen LogP contribution in [0, 0.1) is 0 Å². The zero-order valence-corrected chi connectivity index (χ0v) is 19.3. The van der Waals surface area contributed by atoms with Crippen LogP contribution in [0.1, 0.15) is 5.56 Å². The molecule has 2 aliphatic heterocycles. The third-order valence-electron chi connectivity index (χ3n) is 5.54. The van der Waals surface area contributed by atoms with Crippen molar-refractivity contribution in [3.63, 3.8) is 0 Å². The van der Waals surface area contributed by atoms with E-state index in [0.717, 1.165) is 0 Å². The lowest BCUT2D eigenvalue weighted by atomic mass is 10.1. The number of nitrogens with zero attached hydrogens (tertiary/aromatic N) is 2. The van der Waals surface area contributed by atoms with Gasteiger partial charge in [-0.25, -0.2) is 8.42 Å². The first-order valence-electron chi connectivity index (χ1n) is 10.5. The van der Waals surface area contributed by atoms with Gasteiger partial charge >= 0.3 is 0 Å². The van der Waals surface area contributed by atoms with Crippen molar-refractivity contribution in [1.29, 1.82) is 0 Å². The Hall–Kier alpha value is -3.24. The Kier molecular flexibility index (Phi) is 6.75. The van der Waals surface area contributed by atoms with Crippen LogP contribution in [-0.2, 0) is 14.8 Å². The molecule has 0 N–H and O–H groups in total. The minimum absolute atomic E-state index is 0.150. The van der Waals surface area contributed by atoms with Gasteiger partial charge < -0.3 is 23.8 Å². The van der Waals surface area contributed by atoms with Crippen LogP contribution >= 0.6 is 0 Å². The lowest BCUT2D eigenvalue weighted by Gasteiger charge is -2.33. The van der Waals surface area contributed by atoms with Crippen molar-refractivity contribution in [3.05, 3.63) is 48.0 Å². The zero-order chi connectivity index (χ0) is 23.4. The van der Waals surface area contributed by atoms with Gasteiger partial charge in [0.25, 0.3) is 0 Å². The molecular formula is C23H26N2O7S. The number of carbonyl (C=O) groups is 1. The summed E-state index contributed by atoms with van der Waals surface area (Å²) in [4.78, 5) is 14.5. The molecule has 0 bridgehead atoms. The predicted octanol–water partition coefficient (Wildman–Crippen LogP) is 2.02. The Morgan fingerprint density at radius 1 is 0.939 bits per heavy atom. The molecule has 0 atom stereocenters. The lowest BCUT2D eigenvalue weighted by Crippen LogP contribution is -2.50. The smallest absolute Gasteiger partial charge is 0.246 e. The minimum atomic E-state index is -3.71. The topological polar surface area (TPSA) is 94.6 Å². The number of rotatable bonds is 6. The average Bonchev–Trinajstić information content (AvgIpc) is 2.86. The number of amides is 1. The van der Waals surface area contributed by atoms with E-state index in [1.807, 2.05) is 0 Å². The van der Waals surface area contributed by atoms with E-state index in [-0.39, 0.29) is 23.9 Å². The van der Waals surface area contributed by atoms with Crippen LogP contribution < -0.4 is 18.9 Å². The number of sulfonamides is 1. The molecule has 33 heavy (non-hydrogen) atoms. The summed E-state index contributed by atoms with van der Waals surface area (Å²) in [5, 5.41) is 0. The van der Waals surface area contributed by atoms with E-state index in [1.165, 1.54) is 22.5 Å². The summed E-state index contributed by atoms with van der Waals surface area (Å²) >= 11 is 0. The van der Waals surface area contributed by atoms with Gasteiger partial charge in [-0.3, -0.25) is 4.79 Å². The molecule has 0 spiro atoms. The second-order valence-corrected chi connectivity index (χ2v) is 9.41. The number of hydrogen-bond acceptors (Lipinski definition) is 7. The first-order chi connectivity index (χ1) is 15.9. The lowest BCUT2D eigenvalue weighted by molar-refractivity contribution is -0.127. The van der Waals surface area contributed by atoms with E-state index >= 15 is 0 Å². The molecule has 0 radical (unpaired) electrons. The zero-order valence-electron chi connectivity index (χ0n) is 18.5. The van der Waals surface area contributed by atoms with Crippen LogP contribution in [0.2, 0.25) is 0 Å². The molecule has 0 aromatic heterocycles. The number of benzene rings is 2. The summed E-state index contributed by atoms with van der Waals surface area (Å²) in [5.74, 6) is 2.04. The summed E-state index contributed by atoms with van der Waals surface area (Å²) < 4.78 is 49.1. The molecule has 0 aliphatic carbocycles.